The summed E-state index contributed by atoms with van der Waals surface area (Å²) in [5, 5.41) is 16.7. The molecule has 0 radical (unpaired) electrons. The van der Waals surface area contributed by atoms with Gasteiger partial charge in [-0.3, -0.25) is 4.90 Å². The molecular weight excluding hydrogens is 178 g/mol. The van der Waals surface area contributed by atoms with Gasteiger partial charge in [0.2, 0.25) is 0 Å². The third-order valence-electron chi connectivity index (χ3n) is 1.88. The van der Waals surface area contributed by atoms with Crippen molar-refractivity contribution in [2.75, 3.05) is 19.6 Å². The maximum Gasteiger partial charge on any atom is 0.160 e. The molecule has 0 bridgehead atoms. The van der Waals surface area contributed by atoms with Gasteiger partial charge in [0.05, 0.1) is 5.71 Å². The lowest BCUT2D eigenvalue weighted by atomic mass is 10.2. The first-order chi connectivity index (χ1) is 5.63. The quantitative estimate of drug-likeness (QED) is 0.263. The first kappa shape index (κ1) is 9.79. The molecule has 1 atom stereocenters. The van der Waals surface area contributed by atoms with Gasteiger partial charge in [0, 0.05) is 31.0 Å². The Morgan fingerprint density at radius 1 is 1.83 bits per heavy atom. The summed E-state index contributed by atoms with van der Waals surface area (Å²) in [5.41, 5.74) is 0.663. The fraction of sp³-hybridized carbons (Fsp3) is 0.833. The lowest BCUT2D eigenvalue weighted by Gasteiger charge is -2.36. The summed E-state index contributed by atoms with van der Waals surface area (Å²) in [7, 11) is 0. The summed E-state index contributed by atoms with van der Waals surface area (Å²) in [6.45, 7) is 3.84. The molecule has 0 aromatic heterocycles. The number of hydrogen-bond acceptors (Lipinski definition) is 5. The standard InChI is InChI=1S/C6H13N3O2S/c1-5(8-10)2-9-3-6(4-9)12(7)11/h6,10H,2-4,7H2,1H3/b8-5+. The van der Waals surface area contributed by atoms with Gasteiger partial charge in [-0.1, -0.05) is 5.16 Å². The van der Waals surface area contributed by atoms with Crippen LogP contribution in [0.2, 0.25) is 0 Å². The number of nitrogens with zero attached hydrogens (tertiary/aromatic N) is 2. The average Bonchev–Trinajstić information content (AvgIpc) is 1.94. The van der Waals surface area contributed by atoms with Crippen LogP contribution in [0.15, 0.2) is 5.16 Å². The predicted octanol–water partition coefficient (Wildman–Crippen LogP) is -0.857. The maximum atomic E-state index is 10.7. The van der Waals surface area contributed by atoms with Crippen LogP contribution in [-0.4, -0.2) is 45.3 Å². The zero-order chi connectivity index (χ0) is 9.14. The van der Waals surface area contributed by atoms with Crippen molar-refractivity contribution in [1.82, 2.24) is 4.90 Å². The number of hydrogen-bond donors (Lipinski definition) is 2. The van der Waals surface area contributed by atoms with Gasteiger partial charge in [-0.25, -0.2) is 0 Å². The second-order valence-electron chi connectivity index (χ2n) is 2.98. The van der Waals surface area contributed by atoms with Crippen molar-refractivity contribution in [3.05, 3.63) is 0 Å². The molecule has 5 nitrogen and oxygen atoms in total. The van der Waals surface area contributed by atoms with Crippen LogP contribution in [0.3, 0.4) is 0 Å². The molecule has 70 valence electrons. The molecule has 0 aliphatic carbocycles. The highest BCUT2D eigenvalue weighted by molar-refractivity contribution is 7.89. The zero-order valence-corrected chi connectivity index (χ0v) is 7.75. The Balaban J connectivity index is 2.18. The molecule has 1 saturated heterocycles. The highest BCUT2D eigenvalue weighted by atomic mass is 32.2. The fourth-order valence-electron chi connectivity index (χ4n) is 1.15. The van der Waals surface area contributed by atoms with E-state index in [4.69, 9.17) is 10.3 Å². The van der Waals surface area contributed by atoms with Crippen molar-refractivity contribution in [1.29, 1.82) is 0 Å². The first-order valence-corrected chi connectivity index (χ1v) is 4.96. The molecule has 0 aromatic carbocycles. The van der Waals surface area contributed by atoms with Crippen LogP contribution < -0.4 is 5.14 Å². The summed E-state index contributed by atoms with van der Waals surface area (Å²) in [6.07, 6.45) is 0. The van der Waals surface area contributed by atoms with Gasteiger partial charge in [0.15, 0.2) is 5.25 Å². The molecule has 1 fully saturated rings. The molecule has 3 N–H and O–H groups in total. The van der Waals surface area contributed by atoms with Crippen LogP contribution in [0, 0.1) is 0 Å². The fourth-order valence-corrected chi connectivity index (χ4v) is 1.87. The van der Waals surface area contributed by atoms with E-state index in [0.29, 0.717) is 12.3 Å². The lowest BCUT2D eigenvalue weighted by Crippen LogP contribution is -2.57. The van der Waals surface area contributed by atoms with Crippen LogP contribution in [0.1, 0.15) is 6.92 Å². The third-order valence-corrected chi connectivity index (χ3v) is 2.83. The lowest BCUT2D eigenvalue weighted by molar-refractivity contribution is 0.209. The molecule has 0 aromatic rings. The summed E-state index contributed by atoms with van der Waals surface area (Å²) in [5.74, 6) is 0. The summed E-state index contributed by atoms with van der Waals surface area (Å²) >= 11 is -1.21. The van der Waals surface area contributed by atoms with Gasteiger partial charge in [-0.15, -0.1) is 0 Å². The van der Waals surface area contributed by atoms with Crippen molar-refractivity contribution >= 4 is 17.1 Å². The normalized spacial score (nSPS) is 23.8. The predicted molar refractivity (Wildman–Crippen MR) is 47.5 cm³/mol. The van der Waals surface area contributed by atoms with Crippen molar-refractivity contribution in [3.63, 3.8) is 0 Å². The van der Waals surface area contributed by atoms with Crippen LogP contribution in [-0.2, 0) is 11.4 Å². The highest BCUT2D eigenvalue weighted by Crippen LogP contribution is 2.13. The van der Waals surface area contributed by atoms with E-state index < -0.39 is 11.4 Å². The Labute approximate surface area is 74.5 Å². The minimum Gasteiger partial charge on any atom is -0.598 e. The zero-order valence-electron chi connectivity index (χ0n) is 6.93. The molecule has 1 aliphatic heterocycles. The highest BCUT2D eigenvalue weighted by Gasteiger charge is 2.34. The van der Waals surface area contributed by atoms with Crippen molar-refractivity contribution in [3.8, 4) is 0 Å². The largest absolute Gasteiger partial charge is 0.598 e. The van der Waals surface area contributed by atoms with Crippen molar-refractivity contribution < 1.29 is 9.76 Å². The smallest absolute Gasteiger partial charge is 0.160 e. The first-order valence-electron chi connectivity index (χ1n) is 3.68. The summed E-state index contributed by atoms with van der Waals surface area (Å²) < 4.78 is 10.7. The Kier molecular flexibility index (Phi) is 3.33. The third kappa shape index (κ3) is 2.34. The SMILES string of the molecule is C/C(CN1CC([S+](N)[O-])C1)=N\O. The molecule has 1 unspecified atom stereocenters. The Bertz CT molecular complexity index is 180. The molecule has 1 rings (SSSR count). The minimum atomic E-state index is -1.21. The van der Waals surface area contributed by atoms with Gasteiger partial charge < -0.3 is 9.76 Å². The van der Waals surface area contributed by atoms with Gasteiger partial charge in [0.1, 0.15) is 0 Å². The average molecular weight is 191 g/mol. The molecule has 1 aliphatic rings. The van der Waals surface area contributed by atoms with Crippen LogP contribution in [0.4, 0.5) is 0 Å². The minimum absolute atomic E-state index is 0.0940. The van der Waals surface area contributed by atoms with Gasteiger partial charge in [0.25, 0.3) is 0 Å². The summed E-state index contributed by atoms with van der Waals surface area (Å²) in [6, 6.07) is 0. The maximum absolute atomic E-state index is 10.7. The van der Waals surface area contributed by atoms with Crippen LogP contribution in [0.25, 0.3) is 0 Å². The van der Waals surface area contributed by atoms with E-state index >= 15 is 0 Å². The van der Waals surface area contributed by atoms with Crippen molar-refractivity contribution in [2.45, 2.75) is 12.2 Å². The van der Waals surface area contributed by atoms with E-state index in [1.54, 1.807) is 6.92 Å². The van der Waals surface area contributed by atoms with E-state index in [-0.39, 0.29) is 5.25 Å². The molecule has 6 heteroatoms. The molecule has 0 spiro atoms. The number of oxime groups is 1. The molecular formula is C6H13N3O2S. The Morgan fingerprint density at radius 3 is 2.83 bits per heavy atom. The molecule has 1 heterocycles. The van der Waals surface area contributed by atoms with E-state index in [2.05, 4.69) is 5.16 Å². The van der Waals surface area contributed by atoms with Gasteiger partial charge in [-0.2, -0.15) is 5.14 Å². The van der Waals surface area contributed by atoms with Crippen LogP contribution >= 0.6 is 0 Å². The van der Waals surface area contributed by atoms with Gasteiger partial charge in [-0.05, 0) is 6.92 Å². The number of likely N-dealkylation sites (tertiary alicyclic amines) is 1. The van der Waals surface area contributed by atoms with E-state index in [9.17, 15) is 4.55 Å². The van der Waals surface area contributed by atoms with E-state index in [1.165, 1.54) is 0 Å². The topological polar surface area (TPSA) is 84.9 Å². The van der Waals surface area contributed by atoms with E-state index in [1.807, 2.05) is 4.90 Å². The second kappa shape index (κ2) is 4.08. The second-order valence-corrected chi connectivity index (χ2v) is 4.30. The van der Waals surface area contributed by atoms with Crippen molar-refractivity contribution in [2.24, 2.45) is 10.3 Å². The van der Waals surface area contributed by atoms with Gasteiger partial charge >= 0.3 is 0 Å². The van der Waals surface area contributed by atoms with Crippen LogP contribution in [0.5, 0.6) is 0 Å². The monoisotopic (exact) mass is 191 g/mol. The summed E-state index contributed by atoms with van der Waals surface area (Å²) in [4.78, 5) is 2.03. The molecule has 0 amide bonds. The number of nitrogens with two attached hydrogens (primary N) is 1. The molecule has 0 saturated carbocycles. The number of rotatable bonds is 3. The van der Waals surface area contributed by atoms with E-state index in [0.717, 1.165) is 13.1 Å². The Hall–Kier alpha value is -0.300. The molecule has 12 heavy (non-hydrogen) atoms. The Morgan fingerprint density at radius 2 is 2.42 bits per heavy atom.